The van der Waals surface area contributed by atoms with Gasteiger partial charge in [-0.15, -0.1) is 0 Å². The van der Waals surface area contributed by atoms with Crippen LogP contribution in [0.25, 0.3) is 22.3 Å². The molecule has 0 amide bonds. The molecule has 2 N–H and O–H groups in total. The molecular formula is C13H10N4. The van der Waals surface area contributed by atoms with E-state index < -0.39 is 0 Å². The zero-order chi connectivity index (χ0) is 11.7. The van der Waals surface area contributed by atoms with E-state index in [4.69, 9.17) is 5.73 Å². The van der Waals surface area contributed by atoms with Gasteiger partial charge in [-0.25, -0.2) is 9.97 Å². The van der Waals surface area contributed by atoms with Gasteiger partial charge in [-0.1, -0.05) is 18.2 Å². The van der Waals surface area contributed by atoms with Crippen molar-refractivity contribution in [2.75, 3.05) is 5.73 Å². The van der Waals surface area contributed by atoms with Gasteiger partial charge in [-0.3, -0.25) is 4.98 Å². The van der Waals surface area contributed by atoms with Gasteiger partial charge in [-0.2, -0.15) is 0 Å². The van der Waals surface area contributed by atoms with Crippen LogP contribution in [-0.2, 0) is 0 Å². The normalized spacial score (nSPS) is 10.6. The lowest BCUT2D eigenvalue weighted by atomic mass is 10.1. The van der Waals surface area contributed by atoms with Crippen molar-refractivity contribution in [1.82, 2.24) is 15.0 Å². The lowest BCUT2D eigenvalue weighted by Gasteiger charge is -2.02. The summed E-state index contributed by atoms with van der Waals surface area (Å²) in [5.41, 5.74) is 7.49. The maximum atomic E-state index is 5.64. The van der Waals surface area contributed by atoms with Crippen molar-refractivity contribution in [3.05, 3.63) is 48.8 Å². The molecule has 3 rings (SSSR count). The number of fused-ring (bicyclic) bond motifs is 1. The van der Waals surface area contributed by atoms with Gasteiger partial charge >= 0.3 is 0 Å². The molecule has 0 aliphatic carbocycles. The number of hydrogen-bond donors (Lipinski definition) is 1. The molecule has 0 fully saturated rings. The Labute approximate surface area is 98.2 Å². The second kappa shape index (κ2) is 3.83. The number of nitrogens with zero attached hydrogens (tertiary/aromatic N) is 3. The van der Waals surface area contributed by atoms with Crippen LogP contribution in [0.3, 0.4) is 0 Å². The Kier molecular flexibility index (Phi) is 2.19. The van der Waals surface area contributed by atoms with Gasteiger partial charge in [0, 0.05) is 23.3 Å². The molecule has 0 radical (unpaired) electrons. The van der Waals surface area contributed by atoms with Crippen molar-refractivity contribution < 1.29 is 0 Å². The Morgan fingerprint density at radius 1 is 0.941 bits per heavy atom. The molecule has 0 atom stereocenters. The third kappa shape index (κ3) is 1.80. The molecule has 2 heterocycles. The Morgan fingerprint density at radius 3 is 2.76 bits per heavy atom. The number of anilines is 1. The summed E-state index contributed by atoms with van der Waals surface area (Å²) in [6, 6.07) is 11.5. The van der Waals surface area contributed by atoms with Crippen LogP contribution in [-0.4, -0.2) is 15.0 Å². The van der Waals surface area contributed by atoms with Crippen molar-refractivity contribution in [1.29, 1.82) is 0 Å². The van der Waals surface area contributed by atoms with Crippen molar-refractivity contribution in [2.24, 2.45) is 0 Å². The lowest BCUT2D eigenvalue weighted by molar-refractivity contribution is 1.18. The summed E-state index contributed by atoms with van der Waals surface area (Å²) < 4.78 is 0. The third-order valence-electron chi connectivity index (χ3n) is 2.54. The van der Waals surface area contributed by atoms with Crippen molar-refractivity contribution >= 4 is 16.7 Å². The van der Waals surface area contributed by atoms with Crippen LogP contribution in [0, 0.1) is 0 Å². The number of benzene rings is 1. The summed E-state index contributed by atoms with van der Waals surface area (Å²) in [6.07, 6.45) is 3.42. The minimum Gasteiger partial charge on any atom is -0.384 e. The fourth-order valence-electron chi connectivity index (χ4n) is 1.72. The van der Waals surface area contributed by atoms with Crippen molar-refractivity contribution in [2.45, 2.75) is 0 Å². The van der Waals surface area contributed by atoms with E-state index in [1.165, 1.54) is 0 Å². The summed E-state index contributed by atoms with van der Waals surface area (Å²) in [5.74, 6) is 1.09. The second-order valence-corrected chi connectivity index (χ2v) is 3.72. The first kappa shape index (κ1) is 9.72. The molecule has 2 aromatic heterocycles. The zero-order valence-corrected chi connectivity index (χ0v) is 9.04. The Hall–Kier alpha value is -2.49. The predicted octanol–water partition coefficient (Wildman–Crippen LogP) is 2.27. The lowest BCUT2D eigenvalue weighted by Crippen LogP contribution is -1.94. The molecule has 0 bridgehead atoms. The first-order valence-corrected chi connectivity index (χ1v) is 5.26. The van der Waals surface area contributed by atoms with Crippen LogP contribution < -0.4 is 5.73 Å². The number of aromatic nitrogens is 3. The highest BCUT2D eigenvalue weighted by Crippen LogP contribution is 2.20. The summed E-state index contributed by atoms with van der Waals surface area (Å²) in [5, 5.41) is 1.10. The monoisotopic (exact) mass is 222 g/mol. The molecule has 3 aromatic rings. The summed E-state index contributed by atoms with van der Waals surface area (Å²) in [7, 11) is 0. The molecule has 17 heavy (non-hydrogen) atoms. The van der Waals surface area contributed by atoms with Gasteiger partial charge in [0.1, 0.15) is 5.82 Å². The van der Waals surface area contributed by atoms with E-state index in [-0.39, 0.29) is 0 Å². The first-order chi connectivity index (χ1) is 8.33. The number of nitrogens with two attached hydrogens (primary N) is 1. The highest BCUT2D eigenvalue weighted by Gasteiger charge is 2.03. The predicted molar refractivity (Wildman–Crippen MR) is 67.2 cm³/mol. The maximum absolute atomic E-state index is 5.64. The van der Waals surface area contributed by atoms with Crippen molar-refractivity contribution in [3.8, 4) is 11.4 Å². The molecule has 4 heteroatoms. The molecule has 0 spiro atoms. The van der Waals surface area contributed by atoms with Gasteiger partial charge in [0.05, 0.1) is 5.52 Å². The molecule has 0 saturated heterocycles. The second-order valence-electron chi connectivity index (χ2n) is 3.72. The SMILES string of the molecule is Nc1ccnc(-c2ccc3cccnc3c2)n1. The van der Waals surface area contributed by atoms with E-state index in [2.05, 4.69) is 15.0 Å². The van der Waals surface area contributed by atoms with Crippen LogP contribution in [0.5, 0.6) is 0 Å². The van der Waals surface area contributed by atoms with Gasteiger partial charge in [0.2, 0.25) is 0 Å². The van der Waals surface area contributed by atoms with Crippen molar-refractivity contribution in [3.63, 3.8) is 0 Å². The maximum Gasteiger partial charge on any atom is 0.161 e. The number of pyridine rings is 1. The molecule has 0 aliphatic rings. The zero-order valence-electron chi connectivity index (χ0n) is 9.04. The average Bonchev–Trinajstić information content (AvgIpc) is 2.38. The van der Waals surface area contributed by atoms with Crippen LogP contribution >= 0.6 is 0 Å². The largest absolute Gasteiger partial charge is 0.384 e. The highest BCUT2D eigenvalue weighted by atomic mass is 14.9. The van der Waals surface area contributed by atoms with Crippen LogP contribution in [0.15, 0.2) is 48.8 Å². The quantitative estimate of drug-likeness (QED) is 0.686. The number of nitrogen functional groups attached to an aromatic ring is 1. The topological polar surface area (TPSA) is 64.7 Å². The summed E-state index contributed by atoms with van der Waals surface area (Å²) in [6.45, 7) is 0. The van der Waals surface area contributed by atoms with E-state index in [9.17, 15) is 0 Å². The van der Waals surface area contributed by atoms with E-state index in [0.717, 1.165) is 16.5 Å². The van der Waals surface area contributed by atoms with Gasteiger partial charge in [0.25, 0.3) is 0 Å². The molecule has 4 nitrogen and oxygen atoms in total. The third-order valence-corrected chi connectivity index (χ3v) is 2.54. The average molecular weight is 222 g/mol. The minimum absolute atomic E-state index is 0.469. The van der Waals surface area contributed by atoms with Crippen LogP contribution in [0.1, 0.15) is 0 Å². The smallest absolute Gasteiger partial charge is 0.161 e. The molecule has 0 unspecified atom stereocenters. The van der Waals surface area contributed by atoms with Gasteiger partial charge in [0.15, 0.2) is 5.82 Å². The van der Waals surface area contributed by atoms with Crippen LogP contribution in [0.2, 0.25) is 0 Å². The van der Waals surface area contributed by atoms with E-state index in [1.54, 1.807) is 18.5 Å². The fourth-order valence-corrected chi connectivity index (χ4v) is 1.72. The van der Waals surface area contributed by atoms with Crippen LogP contribution in [0.4, 0.5) is 5.82 Å². The van der Waals surface area contributed by atoms with E-state index in [1.807, 2.05) is 30.3 Å². The van der Waals surface area contributed by atoms with E-state index in [0.29, 0.717) is 11.6 Å². The Balaban J connectivity index is 2.18. The molecule has 1 aromatic carbocycles. The Bertz CT molecular complexity index is 679. The number of rotatable bonds is 1. The molecule has 0 aliphatic heterocycles. The molecule has 82 valence electrons. The summed E-state index contributed by atoms with van der Waals surface area (Å²) >= 11 is 0. The first-order valence-electron chi connectivity index (χ1n) is 5.26. The highest BCUT2D eigenvalue weighted by molar-refractivity contribution is 5.82. The van der Waals surface area contributed by atoms with Gasteiger partial charge < -0.3 is 5.73 Å². The van der Waals surface area contributed by atoms with E-state index >= 15 is 0 Å². The minimum atomic E-state index is 0.469. The molecular weight excluding hydrogens is 212 g/mol. The Morgan fingerprint density at radius 2 is 1.88 bits per heavy atom. The fraction of sp³-hybridized carbons (Fsp3) is 0. The number of hydrogen-bond acceptors (Lipinski definition) is 4. The summed E-state index contributed by atoms with van der Waals surface area (Å²) in [4.78, 5) is 12.7. The molecule has 0 saturated carbocycles. The standard InChI is InChI=1S/C13H10N4/c14-12-5-7-16-13(17-12)10-4-3-9-2-1-6-15-11(9)8-10/h1-8H,(H2,14,16,17). The van der Waals surface area contributed by atoms with Gasteiger partial charge in [-0.05, 0) is 18.2 Å².